The Kier molecular flexibility index (Phi) is 17.5. The molecular weight excluding hydrogens is 338 g/mol. The summed E-state index contributed by atoms with van der Waals surface area (Å²) in [5.41, 5.74) is 0. The molecule has 1 unspecified atom stereocenters. The van der Waals surface area contributed by atoms with Gasteiger partial charge < -0.3 is 0 Å². The number of hydrogen-bond donors (Lipinski definition) is 0. The Bertz CT molecular complexity index is 414. The SMILES string of the molecule is CCCCCCCCCCCCC(CCCCCCCCC)[n+]1ccccc1. The van der Waals surface area contributed by atoms with Crippen molar-refractivity contribution in [1.29, 1.82) is 0 Å². The summed E-state index contributed by atoms with van der Waals surface area (Å²) in [6, 6.07) is 7.24. The topological polar surface area (TPSA) is 3.88 Å². The standard InChI is InChI=1S/C27H50N/c1-3-5-7-9-11-12-13-15-17-20-24-27(28-25-21-18-22-26-28)23-19-16-14-10-8-6-4-2/h18,21-22,25-27H,3-17,19-20,23-24H2,1-2H3/q+1. The lowest BCUT2D eigenvalue weighted by Gasteiger charge is -2.12. The molecular formula is C27H50N+. The van der Waals surface area contributed by atoms with Crippen molar-refractivity contribution in [3.63, 3.8) is 0 Å². The Morgan fingerprint density at radius 3 is 1.21 bits per heavy atom. The first kappa shape index (κ1) is 25.2. The van der Waals surface area contributed by atoms with Gasteiger partial charge in [-0.3, -0.25) is 0 Å². The summed E-state index contributed by atoms with van der Waals surface area (Å²) in [6.07, 6.45) is 31.5. The molecule has 28 heavy (non-hydrogen) atoms. The summed E-state index contributed by atoms with van der Waals surface area (Å²) >= 11 is 0. The zero-order valence-corrected chi connectivity index (χ0v) is 19.3. The Labute approximate surface area is 177 Å². The van der Waals surface area contributed by atoms with E-state index in [9.17, 15) is 0 Å². The van der Waals surface area contributed by atoms with Gasteiger partial charge in [0.25, 0.3) is 0 Å². The summed E-state index contributed by atoms with van der Waals surface area (Å²) in [6.45, 7) is 4.60. The molecule has 0 amide bonds. The van der Waals surface area contributed by atoms with E-state index in [1.807, 2.05) is 0 Å². The second-order valence-corrected chi connectivity index (χ2v) is 8.86. The van der Waals surface area contributed by atoms with E-state index in [-0.39, 0.29) is 0 Å². The molecule has 0 aliphatic heterocycles. The lowest BCUT2D eigenvalue weighted by atomic mass is 9.99. The van der Waals surface area contributed by atoms with Gasteiger partial charge in [-0.15, -0.1) is 0 Å². The summed E-state index contributed by atoms with van der Waals surface area (Å²) in [4.78, 5) is 0. The molecule has 1 aromatic heterocycles. The van der Waals surface area contributed by atoms with E-state index in [1.165, 1.54) is 122 Å². The van der Waals surface area contributed by atoms with Crippen molar-refractivity contribution in [1.82, 2.24) is 0 Å². The number of pyridine rings is 1. The minimum absolute atomic E-state index is 0.714. The van der Waals surface area contributed by atoms with Crippen LogP contribution in [0.5, 0.6) is 0 Å². The lowest BCUT2D eigenvalue weighted by molar-refractivity contribution is -0.724. The van der Waals surface area contributed by atoms with Gasteiger partial charge in [0.05, 0.1) is 0 Å². The molecule has 0 saturated heterocycles. The van der Waals surface area contributed by atoms with Gasteiger partial charge in [0.15, 0.2) is 18.4 Å². The number of hydrogen-bond acceptors (Lipinski definition) is 0. The molecule has 0 aromatic carbocycles. The Morgan fingerprint density at radius 2 is 0.821 bits per heavy atom. The van der Waals surface area contributed by atoms with E-state index in [4.69, 9.17) is 0 Å². The second kappa shape index (κ2) is 19.5. The van der Waals surface area contributed by atoms with Crippen molar-refractivity contribution in [2.75, 3.05) is 0 Å². The maximum absolute atomic E-state index is 2.48. The quantitative estimate of drug-likeness (QED) is 0.155. The number of aromatic nitrogens is 1. The second-order valence-electron chi connectivity index (χ2n) is 8.86. The zero-order chi connectivity index (χ0) is 20.1. The molecule has 0 N–H and O–H groups in total. The van der Waals surface area contributed by atoms with Crippen LogP contribution in [-0.4, -0.2) is 0 Å². The number of nitrogens with zero attached hydrogens (tertiary/aromatic N) is 1. The molecule has 162 valence electrons. The van der Waals surface area contributed by atoms with Gasteiger partial charge in [-0.2, -0.15) is 0 Å². The summed E-state index contributed by atoms with van der Waals surface area (Å²) < 4.78 is 2.48. The van der Waals surface area contributed by atoms with Gasteiger partial charge in [-0.25, -0.2) is 4.57 Å². The molecule has 1 nitrogen and oxygen atoms in total. The van der Waals surface area contributed by atoms with Crippen LogP contribution in [0.2, 0.25) is 0 Å². The maximum atomic E-state index is 2.48. The fourth-order valence-corrected chi connectivity index (χ4v) is 4.30. The van der Waals surface area contributed by atoms with Crippen LogP contribution in [0, 0.1) is 0 Å². The first-order valence-electron chi connectivity index (χ1n) is 12.8. The van der Waals surface area contributed by atoms with Crippen LogP contribution in [0.1, 0.15) is 142 Å². The van der Waals surface area contributed by atoms with E-state index < -0.39 is 0 Å². The van der Waals surface area contributed by atoms with Gasteiger partial charge >= 0.3 is 0 Å². The van der Waals surface area contributed by atoms with Gasteiger partial charge in [-0.1, -0.05) is 116 Å². The number of rotatable bonds is 20. The fraction of sp³-hybridized carbons (Fsp3) is 0.815. The highest BCUT2D eigenvalue weighted by atomic mass is 15.0. The summed E-state index contributed by atoms with van der Waals surface area (Å²) in [5.74, 6) is 0. The molecule has 0 aliphatic rings. The van der Waals surface area contributed by atoms with Crippen molar-refractivity contribution < 1.29 is 4.57 Å². The fourth-order valence-electron chi connectivity index (χ4n) is 4.30. The third-order valence-electron chi connectivity index (χ3n) is 6.19. The normalized spacial score (nSPS) is 12.4. The molecule has 1 heterocycles. The first-order valence-corrected chi connectivity index (χ1v) is 12.8. The molecule has 1 atom stereocenters. The summed E-state index contributed by atoms with van der Waals surface area (Å²) in [7, 11) is 0. The van der Waals surface area contributed by atoms with Crippen LogP contribution in [0.15, 0.2) is 30.6 Å². The minimum Gasteiger partial charge on any atom is -0.202 e. The van der Waals surface area contributed by atoms with Crippen molar-refractivity contribution >= 4 is 0 Å². The van der Waals surface area contributed by atoms with Gasteiger partial charge in [0.2, 0.25) is 0 Å². The van der Waals surface area contributed by atoms with Crippen LogP contribution in [0.4, 0.5) is 0 Å². The zero-order valence-electron chi connectivity index (χ0n) is 19.3. The average molecular weight is 389 g/mol. The molecule has 0 saturated carbocycles. The van der Waals surface area contributed by atoms with Crippen LogP contribution in [0.3, 0.4) is 0 Å². The van der Waals surface area contributed by atoms with E-state index >= 15 is 0 Å². The molecule has 1 rings (SSSR count). The van der Waals surface area contributed by atoms with Gasteiger partial charge in [-0.05, 0) is 12.8 Å². The lowest BCUT2D eigenvalue weighted by Crippen LogP contribution is -2.38. The van der Waals surface area contributed by atoms with E-state index in [2.05, 4.69) is 49.0 Å². The predicted molar refractivity (Wildman–Crippen MR) is 125 cm³/mol. The van der Waals surface area contributed by atoms with Gasteiger partial charge in [0, 0.05) is 25.0 Å². The Hall–Kier alpha value is -0.850. The predicted octanol–water partition coefficient (Wildman–Crippen LogP) is 8.97. The maximum Gasteiger partial charge on any atom is 0.169 e. The van der Waals surface area contributed by atoms with Crippen molar-refractivity contribution in [3.05, 3.63) is 30.6 Å². The highest BCUT2D eigenvalue weighted by Crippen LogP contribution is 2.19. The molecule has 0 radical (unpaired) electrons. The van der Waals surface area contributed by atoms with Crippen molar-refractivity contribution in [2.45, 2.75) is 142 Å². The van der Waals surface area contributed by atoms with Crippen LogP contribution >= 0.6 is 0 Å². The van der Waals surface area contributed by atoms with E-state index in [0.717, 1.165) is 0 Å². The molecule has 1 aromatic rings. The van der Waals surface area contributed by atoms with Crippen LogP contribution in [0.25, 0.3) is 0 Å². The largest absolute Gasteiger partial charge is 0.202 e. The molecule has 0 fully saturated rings. The van der Waals surface area contributed by atoms with Gasteiger partial charge in [0.1, 0.15) is 0 Å². The Balaban J connectivity index is 2.13. The highest BCUT2D eigenvalue weighted by molar-refractivity contribution is 4.84. The Morgan fingerprint density at radius 1 is 0.464 bits per heavy atom. The van der Waals surface area contributed by atoms with Crippen LogP contribution < -0.4 is 4.57 Å². The molecule has 0 aliphatic carbocycles. The molecule has 1 heteroatoms. The summed E-state index contributed by atoms with van der Waals surface area (Å²) in [5, 5.41) is 0. The third-order valence-corrected chi connectivity index (χ3v) is 6.19. The highest BCUT2D eigenvalue weighted by Gasteiger charge is 2.16. The van der Waals surface area contributed by atoms with E-state index in [1.54, 1.807) is 0 Å². The van der Waals surface area contributed by atoms with E-state index in [0.29, 0.717) is 6.04 Å². The van der Waals surface area contributed by atoms with Crippen molar-refractivity contribution in [3.8, 4) is 0 Å². The molecule has 0 spiro atoms. The third kappa shape index (κ3) is 14.2. The average Bonchev–Trinajstić information content (AvgIpc) is 2.73. The minimum atomic E-state index is 0.714. The van der Waals surface area contributed by atoms with Crippen molar-refractivity contribution in [2.24, 2.45) is 0 Å². The van der Waals surface area contributed by atoms with Crippen LogP contribution in [-0.2, 0) is 0 Å². The first-order chi connectivity index (χ1) is 13.9. The molecule has 0 bridgehead atoms. The monoisotopic (exact) mass is 388 g/mol. The number of unbranched alkanes of at least 4 members (excludes halogenated alkanes) is 15. The smallest absolute Gasteiger partial charge is 0.169 e.